The third-order valence-electron chi connectivity index (χ3n) is 5.80. The summed E-state index contributed by atoms with van der Waals surface area (Å²) in [6.07, 6.45) is 3.02. The van der Waals surface area contributed by atoms with Gasteiger partial charge in [0, 0.05) is 50.3 Å². The molecule has 8 nitrogen and oxygen atoms in total. The number of ether oxygens (including phenoxy) is 1. The average molecular weight is 411 g/mol. The standard InChI is InChI=1S/C22H30N6O2/c1-23-22-18-12-24-10-9-19(18)26-21(27-22)15-4-3-11-28(13-15)14-20(29)25-16-5-7-17(30-2)8-6-16/h5-8,15,24H,3-4,9-14H2,1-2H3,(H,25,29)(H,23,26,27)/t15-/m0/s1. The summed E-state index contributed by atoms with van der Waals surface area (Å²) in [5.74, 6) is 2.85. The highest BCUT2D eigenvalue weighted by atomic mass is 16.5. The van der Waals surface area contributed by atoms with Crippen molar-refractivity contribution in [1.29, 1.82) is 0 Å². The second-order valence-corrected chi connectivity index (χ2v) is 7.88. The average Bonchev–Trinajstić information content (AvgIpc) is 2.79. The fraction of sp³-hybridized carbons (Fsp3) is 0.500. The van der Waals surface area contributed by atoms with Crippen molar-refractivity contribution in [2.45, 2.75) is 31.7 Å². The predicted octanol–water partition coefficient (Wildman–Crippen LogP) is 1.99. The van der Waals surface area contributed by atoms with Crippen LogP contribution in [0.2, 0.25) is 0 Å². The lowest BCUT2D eigenvalue weighted by atomic mass is 9.96. The Morgan fingerprint density at radius 1 is 1.30 bits per heavy atom. The molecule has 0 bridgehead atoms. The Hall–Kier alpha value is -2.71. The lowest BCUT2D eigenvalue weighted by Crippen LogP contribution is -2.40. The molecule has 0 unspecified atom stereocenters. The lowest BCUT2D eigenvalue weighted by Gasteiger charge is -2.32. The van der Waals surface area contributed by atoms with Gasteiger partial charge in [-0.25, -0.2) is 9.97 Å². The molecule has 30 heavy (non-hydrogen) atoms. The summed E-state index contributed by atoms with van der Waals surface area (Å²) < 4.78 is 5.16. The zero-order valence-corrected chi connectivity index (χ0v) is 17.7. The Morgan fingerprint density at radius 3 is 2.90 bits per heavy atom. The van der Waals surface area contributed by atoms with Gasteiger partial charge in [0.25, 0.3) is 0 Å². The maximum atomic E-state index is 12.5. The number of piperidine rings is 1. The zero-order chi connectivity index (χ0) is 20.9. The molecule has 1 amide bonds. The van der Waals surface area contributed by atoms with Crippen molar-refractivity contribution in [3.05, 3.63) is 41.3 Å². The molecule has 1 fully saturated rings. The fourth-order valence-corrected chi connectivity index (χ4v) is 4.24. The molecule has 0 aliphatic carbocycles. The summed E-state index contributed by atoms with van der Waals surface area (Å²) in [5.41, 5.74) is 3.11. The molecule has 160 valence electrons. The topological polar surface area (TPSA) is 91.4 Å². The second kappa shape index (κ2) is 9.40. The van der Waals surface area contributed by atoms with E-state index in [2.05, 4.69) is 20.9 Å². The molecule has 1 aromatic carbocycles. The van der Waals surface area contributed by atoms with Gasteiger partial charge in [-0.15, -0.1) is 0 Å². The molecule has 0 spiro atoms. The number of fused-ring (bicyclic) bond motifs is 1. The minimum atomic E-state index is -0.00540. The van der Waals surface area contributed by atoms with E-state index in [1.165, 1.54) is 5.56 Å². The van der Waals surface area contributed by atoms with Crippen LogP contribution in [0.3, 0.4) is 0 Å². The first-order valence-corrected chi connectivity index (χ1v) is 10.6. The van der Waals surface area contributed by atoms with E-state index in [0.717, 1.165) is 74.2 Å². The largest absolute Gasteiger partial charge is 0.497 e. The summed E-state index contributed by atoms with van der Waals surface area (Å²) in [5, 5.41) is 9.60. The van der Waals surface area contributed by atoms with Crippen LogP contribution >= 0.6 is 0 Å². The molecule has 1 aromatic heterocycles. The highest BCUT2D eigenvalue weighted by Crippen LogP contribution is 2.28. The summed E-state index contributed by atoms with van der Waals surface area (Å²) in [7, 11) is 3.54. The van der Waals surface area contributed by atoms with Gasteiger partial charge >= 0.3 is 0 Å². The van der Waals surface area contributed by atoms with E-state index in [1.807, 2.05) is 31.3 Å². The van der Waals surface area contributed by atoms with Gasteiger partial charge in [0.15, 0.2) is 0 Å². The minimum absolute atomic E-state index is 0.00540. The third-order valence-corrected chi connectivity index (χ3v) is 5.80. The van der Waals surface area contributed by atoms with Crippen LogP contribution in [-0.4, -0.2) is 61.1 Å². The SMILES string of the molecule is CNc1nc([C@H]2CCCN(CC(=O)Nc3ccc(OC)cc3)C2)nc2c1CNCC2. The molecular weight excluding hydrogens is 380 g/mol. The van der Waals surface area contributed by atoms with E-state index in [0.29, 0.717) is 6.54 Å². The van der Waals surface area contributed by atoms with Crippen molar-refractivity contribution in [1.82, 2.24) is 20.2 Å². The lowest BCUT2D eigenvalue weighted by molar-refractivity contribution is -0.117. The second-order valence-electron chi connectivity index (χ2n) is 7.88. The molecule has 3 heterocycles. The normalized spacial score (nSPS) is 19.1. The first-order chi connectivity index (χ1) is 14.7. The van der Waals surface area contributed by atoms with Gasteiger partial charge < -0.3 is 20.7 Å². The fourth-order valence-electron chi connectivity index (χ4n) is 4.24. The number of likely N-dealkylation sites (tertiary alicyclic amines) is 1. The van der Waals surface area contributed by atoms with Crippen LogP contribution in [0.1, 0.15) is 35.8 Å². The Balaban J connectivity index is 1.40. The quantitative estimate of drug-likeness (QED) is 0.671. The first kappa shape index (κ1) is 20.6. The summed E-state index contributed by atoms with van der Waals surface area (Å²) in [4.78, 5) is 24.5. The maximum Gasteiger partial charge on any atom is 0.238 e. The van der Waals surface area contributed by atoms with E-state index in [4.69, 9.17) is 14.7 Å². The van der Waals surface area contributed by atoms with Crippen LogP contribution in [-0.2, 0) is 17.8 Å². The monoisotopic (exact) mass is 410 g/mol. The van der Waals surface area contributed by atoms with Gasteiger partial charge in [0.1, 0.15) is 17.4 Å². The van der Waals surface area contributed by atoms with Crippen molar-refractivity contribution in [3.63, 3.8) is 0 Å². The van der Waals surface area contributed by atoms with E-state index >= 15 is 0 Å². The smallest absolute Gasteiger partial charge is 0.238 e. The van der Waals surface area contributed by atoms with Crippen LogP contribution < -0.4 is 20.7 Å². The maximum absolute atomic E-state index is 12.5. The van der Waals surface area contributed by atoms with Crippen molar-refractivity contribution in [3.8, 4) is 5.75 Å². The first-order valence-electron chi connectivity index (χ1n) is 10.6. The molecular formula is C22H30N6O2. The number of aromatic nitrogens is 2. The van der Waals surface area contributed by atoms with Gasteiger partial charge in [0.2, 0.25) is 5.91 Å². The Kier molecular flexibility index (Phi) is 6.44. The molecule has 4 rings (SSSR count). The van der Waals surface area contributed by atoms with Crippen LogP contribution in [0, 0.1) is 0 Å². The van der Waals surface area contributed by atoms with Crippen LogP contribution in [0.4, 0.5) is 11.5 Å². The van der Waals surface area contributed by atoms with Gasteiger partial charge in [0.05, 0.1) is 19.3 Å². The van der Waals surface area contributed by atoms with Crippen LogP contribution in [0.5, 0.6) is 5.75 Å². The highest BCUT2D eigenvalue weighted by Gasteiger charge is 2.27. The molecule has 2 aliphatic heterocycles. The summed E-state index contributed by atoms with van der Waals surface area (Å²) >= 11 is 0. The number of methoxy groups -OCH3 is 1. The highest BCUT2D eigenvalue weighted by molar-refractivity contribution is 5.92. The number of carbonyl (C=O) groups excluding carboxylic acids is 1. The summed E-state index contributed by atoms with van der Waals surface area (Å²) in [6.45, 7) is 3.86. The Bertz CT molecular complexity index is 869. The van der Waals surface area contributed by atoms with E-state index < -0.39 is 0 Å². The van der Waals surface area contributed by atoms with Gasteiger partial charge in [-0.3, -0.25) is 9.69 Å². The number of nitrogens with zero attached hydrogens (tertiary/aromatic N) is 3. The van der Waals surface area contributed by atoms with Gasteiger partial charge in [-0.2, -0.15) is 0 Å². The van der Waals surface area contributed by atoms with Crippen molar-refractivity contribution in [2.75, 3.05) is 51.0 Å². The van der Waals surface area contributed by atoms with Crippen molar-refractivity contribution < 1.29 is 9.53 Å². The summed E-state index contributed by atoms with van der Waals surface area (Å²) in [6, 6.07) is 7.39. The van der Waals surface area contributed by atoms with E-state index in [1.54, 1.807) is 7.11 Å². The predicted molar refractivity (Wildman–Crippen MR) is 117 cm³/mol. The molecule has 0 saturated carbocycles. The number of anilines is 2. The molecule has 0 radical (unpaired) electrons. The molecule has 1 saturated heterocycles. The molecule has 2 aliphatic rings. The van der Waals surface area contributed by atoms with Crippen molar-refractivity contribution in [2.24, 2.45) is 0 Å². The molecule has 1 atom stereocenters. The van der Waals surface area contributed by atoms with Crippen molar-refractivity contribution >= 4 is 17.4 Å². The number of hydrogen-bond acceptors (Lipinski definition) is 7. The number of carbonyl (C=O) groups is 1. The zero-order valence-electron chi connectivity index (χ0n) is 17.7. The Morgan fingerprint density at radius 2 is 2.13 bits per heavy atom. The van der Waals surface area contributed by atoms with Gasteiger partial charge in [-0.05, 0) is 43.7 Å². The number of benzene rings is 1. The number of amides is 1. The van der Waals surface area contributed by atoms with Crippen LogP contribution in [0.25, 0.3) is 0 Å². The minimum Gasteiger partial charge on any atom is -0.497 e. The van der Waals surface area contributed by atoms with Crippen LogP contribution in [0.15, 0.2) is 24.3 Å². The number of rotatable bonds is 6. The number of hydrogen-bond donors (Lipinski definition) is 3. The van der Waals surface area contributed by atoms with E-state index in [-0.39, 0.29) is 11.8 Å². The molecule has 2 aromatic rings. The molecule has 3 N–H and O–H groups in total. The van der Waals surface area contributed by atoms with E-state index in [9.17, 15) is 4.79 Å². The number of nitrogens with one attached hydrogen (secondary N) is 3. The third kappa shape index (κ3) is 4.71. The molecule has 8 heteroatoms. The Labute approximate surface area is 177 Å². The van der Waals surface area contributed by atoms with Gasteiger partial charge in [-0.1, -0.05) is 0 Å².